The normalized spacial score (nSPS) is 15.6. The van der Waals surface area contributed by atoms with Gasteiger partial charge in [0.05, 0.1) is 18.9 Å². The van der Waals surface area contributed by atoms with Gasteiger partial charge in [-0.2, -0.15) is 0 Å². The zero-order valence-corrected chi connectivity index (χ0v) is 14.1. The lowest BCUT2D eigenvalue weighted by atomic mass is 10.1. The van der Waals surface area contributed by atoms with Gasteiger partial charge in [-0.15, -0.1) is 0 Å². The molecule has 1 aromatic rings. The lowest BCUT2D eigenvalue weighted by Crippen LogP contribution is -2.24. The third-order valence-corrected chi connectivity index (χ3v) is 4.08. The van der Waals surface area contributed by atoms with Gasteiger partial charge in [-0.25, -0.2) is 0 Å². The van der Waals surface area contributed by atoms with E-state index in [0.29, 0.717) is 6.61 Å². The van der Waals surface area contributed by atoms with E-state index >= 15 is 0 Å². The molecular formula is C18H30N2O2. The van der Waals surface area contributed by atoms with Crippen molar-refractivity contribution < 1.29 is 9.47 Å². The summed E-state index contributed by atoms with van der Waals surface area (Å²) in [5.74, 6) is 1.02. The fourth-order valence-electron chi connectivity index (χ4n) is 2.92. The highest BCUT2D eigenvalue weighted by molar-refractivity contribution is 5.60. The summed E-state index contributed by atoms with van der Waals surface area (Å²) in [6, 6.07) is 6.62. The molecule has 1 heterocycles. The molecule has 1 aliphatic heterocycles. The van der Waals surface area contributed by atoms with Crippen molar-refractivity contribution in [1.29, 1.82) is 0 Å². The van der Waals surface area contributed by atoms with E-state index in [2.05, 4.69) is 35.3 Å². The molecule has 2 rings (SSSR count). The van der Waals surface area contributed by atoms with Gasteiger partial charge in [0.1, 0.15) is 5.75 Å². The molecule has 0 saturated carbocycles. The van der Waals surface area contributed by atoms with Gasteiger partial charge in [-0.05, 0) is 37.5 Å². The van der Waals surface area contributed by atoms with E-state index in [-0.39, 0.29) is 0 Å². The Labute approximate surface area is 134 Å². The molecule has 0 radical (unpaired) electrons. The monoisotopic (exact) mass is 306 g/mol. The predicted octanol–water partition coefficient (Wildman–Crippen LogP) is 3.20. The second-order valence-corrected chi connectivity index (χ2v) is 5.81. The number of anilines is 1. The van der Waals surface area contributed by atoms with Crippen LogP contribution in [0.1, 0.15) is 38.2 Å². The number of rotatable bonds is 8. The van der Waals surface area contributed by atoms with Crippen molar-refractivity contribution in [2.45, 2.75) is 39.2 Å². The number of nitrogens with zero attached hydrogens (tertiary/aromatic N) is 1. The summed E-state index contributed by atoms with van der Waals surface area (Å²) in [5.41, 5.74) is 2.52. The van der Waals surface area contributed by atoms with Crippen LogP contribution < -0.4 is 15.0 Å². The first-order valence-electron chi connectivity index (χ1n) is 8.55. The SMILES string of the molecule is CCOc1cc(CNCCOC)ccc1N1CCCCCC1. The van der Waals surface area contributed by atoms with Crippen molar-refractivity contribution in [2.75, 3.05) is 44.9 Å². The number of hydrogen-bond donors (Lipinski definition) is 1. The fourth-order valence-corrected chi connectivity index (χ4v) is 2.92. The maximum atomic E-state index is 5.91. The summed E-state index contributed by atoms with van der Waals surface area (Å²) < 4.78 is 11.0. The molecule has 0 atom stereocenters. The molecule has 4 nitrogen and oxygen atoms in total. The summed E-state index contributed by atoms with van der Waals surface area (Å²) in [5, 5.41) is 3.39. The molecule has 22 heavy (non-hydrogen) atoms. The van der Waals surface area contributed by atoms with E-state index in [9.17, 15) is 0 Å². The Kier molecular flexibility index (Phi) is 7.54. The highest BCUT2D eigenvalue weighted by Gasteiger charge is 2.14. The molecule has 0 aliphatic carbocycles. The first-order valence-corrected chi connectivity index (χ1v) is 8.55. The Balaban J connectivity index is 2.05. The summed E-state index contributed by atoms with van der Waals surface area (Å²) in [6.45, 7) is 7.51. The van der Waals surface area contributed by atoms with E-state index in [1.165, 1.54) is 36.9 Å². The first kappa shape index (κ1) is 17.1. The van der Waals surface area contributed by atoms with Crippen LogP contribution >= 0.6 is 0 Å². The molecule has 1 aliphatic rings. The second-order valence-electron chi connectivity index (χ2n) is 5.81. The minimum absolute atomic E-state index is 0.710. The number of nitrogens with one attached hydrogen (secondary N) is 1. The van der Waals surface area contributed by atoms with E-state index in [1.807, 2.05) is 0 Å². The Hall–Kier alpha value is -1.26. The molecule has 0 bridgehead atoms. The zero-order valence-electron chi connectivity index (χ0n) is 14.1. The van der Waals surface area contributed by atoms with E-state index in [0.717, 1.165) is 38.5 Å². The average Bonchev–Trinajstić information content (AvgIpc) is 2.81. The third kappa shape index (κ3) is 5.18. The van der Waals surface area contributed by atoms with Crippen molar-refractivity contribution in [3.63, 3.8) is 0 Å². The van der Waals surface area contributed by atoms with Gasteiger partial charge in [0.25, 0.3) is 0 Å². The molecular weight excluding hydrogens is 276 g/mol. The van der Waals surface area contributed by atoms with Crippen LogP contribution in [0.4, 0.5) is 5.69 Å². The minimum Gasteiger partial charge on any atom is -0.492 e. The standard InChI is InChI=1S/C18H30N2O2/c1-3-22-18-14-16(15-19-10-13-21-2)8-9-17(18)20-11-6-4-5-7-12-20/h8-9,14,19H,3-7,10-13,15H2,1-2H3. The van der Waals surface area contributed by atoms with Crippen molar-refractivity contribution in [3.8, 4) is 5.75 Å². The first-order chi connectivity index (χ1) is 10.8. The second kappa shape index (κ2) is 9.70. The number of methoxy groups -OCH3 is 1. The van der Waals surface area contributed by atoms with Gasteiger partial charge in [-0.3, -0.25) is 0 Å². The Morgan fingerprint density at radius 3 is 2.59 bits per heavy atom. The lowest BCUT2D eigenvalue weighted by Gasteiger charge is -2.25. The van der Waals surface area contributed by atoms with Crippen LogP contribution in [-0.4, -0.2) is 40.0 Å². The topological polar surface area (TPSA) is 33.7 Å². The van der Waals surface area contributed by atoms with Crippen LogP contribution in [0.2, 0.25) is 0 Å². The molecule has 0 spiro atoms. The molecule has 1 saturated heterocycles. The molecule has 124 valence electrons. The maximum absolute atomic E-state index is 5.91. The van der Waals surface area contributed by atoms with Gasteiger partial charge in [-0.1, -0.05) is 18.9 Å². The molecule has 0 aromatic heterocycles. The molecule has 0 unspecified atom stereocenters. The minimum atomic E-state index is 0.710. The Morgan fingerprint density at radius 1 is 1.14 bits per heavy atom. The van der Waals surface area contributed by atoms with Crippen LogP contribution in [0.25, 0.3) is 0 Å². The highest BCUT2D eigenvalue weighted by Crippen LogP contribution is 2.31. The van der Waals surface area contributed by atoms with Crippen LogP contribution in [0.5, 0.6) is 5.75 Å². The summed E-state index contributed by atoms with van der Waals surface area (Å²) >= 11 is 0. The number of ether oxygens (including phenoxy) is 2. The number of benzene rings is 1. The smallest absolute Gasteiger partial charge is 0.142 e. The van der Waals surface area contributed by atoms with Gasteiger partial charge in [0.15, 0.2) is 0 Å². The Bertz CT molecular complexity index is 429. The molecule has 1 N–H and O–H groups in total. The molecule has 4 heteroatoms. The fraction of sp³-hybridized carbons (Fsp3) is 0.667. The van der Waals surface area contributed by atoms with Gasteiger partial charge in [0.2, 0.25) is 0 Å². The van der Waals surface area contributed by atoms with Crippen LogP contribution in [0.3, 0.4) is 0 Å². The quantitative estimate of drug-likeness (QED) is 0.748. The Morgan fingerprint density at radius 2 is 1.91 bits per heavy atom. The molecule has 1 fully saturated rings. The van der Waals surface area contributed by atoms with Crippen molar-refractivity contribution >= 4 is 5.69 Å². The van der Waals surface area contributed by atoms with Gasteiger partial charge >= 0.3 is 0 Å². The highest BCUT2D eigenvalue weighted by atomic mass is 16.5. The van der Waals surface area contributed by atoms with Crippen LogP contribution in [0.15, 0.2) is 18.2 Å². The van der Waals surface area contributed by atoms with Gasteiger partial charge in [0, 0.05) is 33.3 Å². The van der Waals surface area contributed by atoms with Crippen molar-refractivity contribution in [2.24, 2.45) is 0 Å². The van der Waals surface area contributed by atoms with Crippen molar-refractivity contribution in [3.05, 3.63) is 23.8 Å². The van der Waals surface area contributed by atoms with E-state index in [1.54, 1.807) is 7.11 Å². The summed E-state index contributed by atoms with van der Waals surface area (Å²) in [6.07, 6.45) is 5.27. The van der Waals surface area contributed by atoms with Gasteiger partial charge < -0.3 is 19.7 Å². The largest absolute Gasteiger partial charge is 0.492 e. The molecule has 0 amide bonds. The predicted molar refractivity (Wildman–Crippen MR) is 91.9 cm³/mol. The lowest BCUT2D eigenvalue weighted by molar-refractivity contribution is 0.199. The van der Waals surface area contributed by atoms with Crippen molar-refractivity contribution in [1.82, 2.24) is 5.32 Å². The van der Waals surface area contributed by atoms with E-state index in [4.69, 9.17) is 9.47 Å². The van der Waals surface area contributed by atoms with E-state index < -0.39 is 0 Å². The third-order valence-electron chi connectivity index (χ3n) is 4.08. The maximum Gasteiger partial charge on any atom is 0.142 e. The summed E-state index contributed by atoms with van der Waals surface area (Å²) in [4.78, 5) is 2.49. The molecule has 1 aromatic carbocycles. The van der Waals surface area contributed by atoms with Crippen LogP contribution in [-0.2, 0) is 11.3 Å². The van der Waals surface area contributed by atoms with Crippen LogP contribution in [0, 0.1) is 0 Å². The summed E-state index contributed by atoms with van der Waals surface area (Å²) in [7, 11) is 1.73. The number of hydrogen-bond acceptors (Lipinski definition) is 4. The zero-order chi connectivity index (χ0) is 15.6. The average molecular weight is 306 g/mol.